The van der Waals surface area contributed by atoms with E-state index >= 15 is 0 Å². The number of nitrogens with two attached hydrogens (primary N) is 2. The van der Waals surface area contributed by atoms with E-state index in [9.17, 15) is 9.59 Å². The van der Waals surface area contributed by atoms with Gasteiger partial charge in [-0.3, -0.25) is 4.79 Å². The fourth-order valence-corrected chi connectivity index (χ4v) is 2.44. The molecule has 7 nitrogen and oxygen atoms in total. The second-order valence-corrected chi connectivity index (χ2v) is 5.89. The molecule has 2 aromatic rings. The zero-order chi connectivity index (χ0) is 20.5. The van der Waals surface area contributed by atoms with Crippen molar-refractivity contribution in [3.05, 3.63) is 65.7 Å². The Morgan fingerprint density at radius 1 is 1.00 bits per heavy atom. The number of esters is 1. The van der Waals surface area contributed by atoms with Crippen LogP contribution in [0.1, 0.15) is 29.8 Å². The molecule has 2 aromatic carbocycles. The van der Waals surface area contributed by atoms with Crippen molar-refractivity contribution >= 4 is 29.6 Å². The number of aliphatic imine (C=N–C) groups is 1. The molecule has 0 bridgehead atoms. The molecule has 28 heavy (non-hydrogen) atoms. The second kappa shape index (κ2) is 9.91. The van der Waals surface area contributed by atoms with E-state index in [-0.39, 0.29) is 11.9 Å². The number of amides is 1. The number of benzene rings is 2. The summed E-state index contributed by atoms with van der Waals surface area (Å²) in [5.74, 6) is -0.172. The molecule has 2 rings (SSSR count). The van der Waals surface area contributed by atoms with Crippen LogP contribution >= 0.6 is 0 Å². The van der Waals surface area contributed by atoms with Gasteiger partial charge >= 0.3 is 5.97 Å². The van der Waals surface area contributed by atoms with Gasteiger partial charge in [0, 0.05) is 19.2 Å². The van der Waals surface area contributed by atoms with E-state index in [4.69, 9.17) is 16.2 Å². The molecule has 0 aromatic heterocycles. The van der Waals surface area contributed by atoms with Crippen LogP contribution in [0.3, 0.4) is 0 Å². The lowest BCUT2D eigenvalue weighted by Gasteiger charge is -2.15. The quantitative estimate of drug-likeness (QED) is 0.252. The summed E-state index contributed by atoms with van der Waals surface area (Å²) in [7, 11) is 0. The van der Waals surface area contributed by atoms with Crippen molar-refractivity contribution in [1.29, 1.82) is 0 Å². The van der Waals surface area contributed by atoms with E-state index in [1.807, 2.05) is 13.8 Å². The third kappa shape index (κ3) is 5.98. The Morgan fingerprint density at radius 3 is 2.14 bits per heavy atom. The molecule has 0 aliphatic carbocycles. The van der Waals surface area contributed by atoms with Crippen LogP contribution in [0.4, 0.5) is 5.69 Å². The molecule has 0 aliphatic heterocycles. The minimum atomic E-state index is -0.490. The fraction of sp³-hybridized carbons (Fsp3) is 0.190. The summed E-state index contributed by atoms with van der Waals surface area (Å²) in [4.78, 5) is 29.8. The van der Waals surface area contributed by atoms with Crippen molar-refractivity contribution in [2.24, 2.45) is 16.5 Å². The highest BCUT2D eigenvalue weighted by atomic mass is 16.5. The third-order valence-electron chi connectivity index (χ3n) is 3.95. The topological polar surface area (TPSA) is 111 Å². The molecule has 0 fully saturated rings. The molecule has 7 heteroatoms. The summed E-state index contributed by atoms with van der Waals surface area (Å²) in [6.45, 7) is 5.21. The van der Waals surface area contributed by atoms with E-state index in [1.54, 1.807) is 59.5 Å². The standard InChI is InChI=1S/C21H24N4O3/c1-3-25(4-2)19(26)14-7-15-5-12-18(13-6-15)28-20(27)16-8-10-17(11-9-16)24-21(22)23/h5-14H,3-4H2,1-2H3,(H4,22,23,24). The number of hydrogen-bond donors (Lipinski definition) is 2. The zero-order valence-corrected chi connectivity index (χ0v) is 16.0. The van der Waals surface area contributed by atoms with Crippen molar-refractivity contribution in [3.63, 3.8) is 0 Å². The minimum absolute atomic E-state index is 0.0373. The Bertz CT molecular complexity index is 864. The Labute approximate surface area is 164 Å². The zero-order valence-electron chi connectivity index (χ0n) is 16.0. The van der Waals surface area contributed by atoms with Gasteiger partial charge in [0.15, 0.2) is 5.96 Å². The highest BCUT2D eigenvalue weighted by Crippen LogP contribution is 2.17. The summed E-state index contributed by atoms with van der Waals surface area (Å²) in [6, 6.07) is 13.3. The minimum Gasteiger partial charge on any atom is -0.423 e. The van der Waals surface area contributed by atoms with Crippen molar-refractivity contribution < 1.29 is 14.3 Å². The summed E-state index contributed by atoms with van der Waals surface area (Å²) in [5, 5.41) is 0. The van der Waals surface area contributed by atoms with Crippen LogP contribution in [0.5, 0.6) is 5.75 Å². The maximum atomic E-state index is 12.2. The van der Waals surface area contributed by atoms with Gasteiger partial charge in [-0.2, -0.15) is 0 Å². The van der Waals surface area contributed by atoms with E-state index < -0.39 is 5.97 Å². The third-order valence-corrected chi connectivity index (χ3v) is 3.95. The number of ether oxygens (including phenoxy) is 1. The van der Waals surface area contributed by atoms with Crippen molar-refractivity contribution in [2.45, 2.75) is 13.8 Å². The highest BCUT2D eigenvalue weighted by molar-refractivity contribution is 5.92. The Morgan fingerprint density at radius 2 is 1.61 bits per heavy atom. The van der Waals surface area contributed by atoms with E-state index in [0.717, 1.165) is 5.56 Å². The van der Waals surface area contributed by atoms with Gasteiger partial charge in [-0.15, -0.1) is 0 Å². The van der Waals surface area contributed by atoms with Crippen LogP contribution in [0.15, 0.2) is 59.6 Å². The molecule has 0 unspecified atom stereocenters. The predicted molar refractivity (Wildman–Crippen MR) is 110 cm³/mol. The van der Waals surface area contributed by atoms with Crippen LogP contribution < -0.4 is 16.2 Å². The normalized spacial score (nSPS) is 10.5. The van der Waals surface area contributed by atoms with Crippen LogP contribution in [-0.2, 0) is 4.79 Å². The molecule has 0 heterocycles. The molecular weight excluding hydrogens is 356 g/mol. The SMILES string of the molecule is CCN(CC)C(=O)C=Cc1ccc(OC(=O)c2ccc(N=C(N)N)cc2)cc1. The summed E-state index contributed by atoms with van der Waals surface area (Å²) < 4.78 is 5.35. The lowest BCUT2D eigenvalue weighted by Crippen LogP contribution is -2.28. The molecule has 4 N–H and O–H groups in total. The monoisotopic (exact) mass is 380 g/mol. The largest absolute Gasteiger partial charge is 0.423 e. The number of rotatable bonds is 7. The maximum Gasteiger partial charge on any atom is 0.343 e. The highest BCUT2D eigenvalue weighted by Gasteiger charge is 2.09. The van der Waals surface area contributed by atoms with Gasteiger partial charge in [-0.05, 0) is 61.9 Å². The first kappa shape index (κ1) is 20.7. The molecule has 1 amide bonds. The Balaban J connectivity index is 1.99. The first-order chi connectivity index (χ1) is 13.4. The lowest BCUT2D eigenvalue weighted by molar-refractivity contribution is -0.125. The van der Waals surface area contributed by atoms with Gasteiger partial charge in [0.1, 0.15) is 5.75 Å². The van der Waals surface area contributed by atoms with Crippen LogP contribution in [0, 0.1) is 0 Å². The molecule has 0 aliphatic rings. The molecule has 146 valence electrons. The molecule has 0 spiro atoms. The predicted octanol–water partition coefficient (Wildman–Crippen LogP) is 2.69. The van der Waals surface area contributed by atoms with Crippen molar-refractivity contribution in [2.75, 3.05) is 13.1 Å². The smallest absolute Gasteiger partial charge is 0.343 e. The molecule has 0 saturated carbocycles. The average Bonchev–Trinajstić information content (AvgIpc) is 2.68. The van der Waals surface area contributed by atoms with Gasteiger partial charge in [-0.1, -0.05) is 12.1 Å². The number of carbonyl (C=O) groups excluding carboxylic acids is 2. The Kier molecular flexibility index (Phi) is 7.33. The van der Waals surface area contributed by atoms with Gasteiger partial charge in [-0.25, -0.2) is 9.79 Å². The van der Waals surface area contributed by atoms with E-state index in [0.29, 0.717) is 30.1 Å². The van der Waals surface area contributed by atoms with E-state index in [1.165, 1.54) is 6.08 Å². The fourth-order valence-electron chi connectivity index (χ4n) is 2.44. The number of nitrogens with zero attached hydrogens (tertiary/aromatic N) is 2. The van der Waals surface area contributed by atoms with Gasteiger partial charge in [0.2, 0.25) is 5.91 Å². The molecule has 0 saturated heterocycles. The second-order valence-electron chi connectivity index (χ2n) is 5.89. The van der Waals surface area contributed by atoms with Gasteiger partial charge in [0.25, 0.3) is 0 Å². The van der Waals surface area contributed by atoms with Crippen LogP contribution in [0.2, 0.25) is 0 Å². The summed E-state index contributed by atoms with van der Waals surface area (Å²) in [6.07, 6.45) is 3.26. The van der Waals surface area contributed by atoms with Crippen LogP contribution in [0.25, 0.3) is 6.08 Å². The van der Waals surface area contributed by atoms with Crippen LogP contribution in [-0.4, -0.2) is 35.8 Å². The molecule has 0 radical (unpaired) electrons. The maximum absolute atomic E-state index is 12.2. The number of hydrogen-bond acceptors (Lipinski definition) is 4. The lowest BCUT2D eigenvalue weighted by atomic mass is 10.2. The van der Waals surface area contributed by atoms with Gasteiger partial charge < -0.3 is 21.1 Å². The molecule has 0 atom stereocenters. The van der Waals surface area contributed by atoms with Crippen molar-refractivity contribution in [1.82, 2.24) is 4.90 Å². The average molecular weight is 380 g/mol. The number of likely N-dealkylation sites (N-methyl/N-ethyl adjacent to an activating group) is 1. The number of carbonyl (C=O) groups is 2. The summed E-state index contributed by atoms with van der Waals surface area (Å²) >= 11 is 0. The van der Waals surface area contributed by atoms with Gasteiger partial charge in [0.05, 0.1) is 11.3 Å². The Hall–Kier alpha value is -3.61. The first-order valence-electron chi connectivity index (χ1n) is 8.91. The molecular formula is C21H24N4O3. The first-order valence-corrected chi connectivity index (χ1v) is 8.91. The number of guanidine groups is 1. The van der Waals surface area contributed by atoms with E-state index in [2.05, 4.69) is 4.99 Å². The summed E-state index contributed by atoms with van der Waals surface area (Å²) in [5.41, 5.74) is 12.4. The van der Waals surface area contributed by atoms with Crippen molar-refractivity contribution in [3.8, 4) is 5.75 Å².